The highest BCUT2D eigenvalue weighted by Crippen LogP contribution is 2.41. The number of urea groups is 1. The molecule has 2 amide bonds. The van der Waals surface area contributed by atoms with Crippen molar-refractivity contribution >= 4 is 11.9 Å². The lowest BCUT2D eigenvalue weighted by Gasteiger charge is -2.42. The third-order valence-electron chi connectivity index (χ3n) is 5.08. The number of nitrogens with one attached hydrogen (secondary N) is 2. The van der Waals surface area contributed by atoms with E-state index in [1.807, 2.05) is 4.90 Å². The Morgan fingerprint density at radius 3 is 2.56 bits per heavy atom. The smallest absolute Gasteiger partial charge is 0.311 e. The normalized spacial score (nSPS) is 33.9. The summed E-state index contributed by atoms with van der Waals surface area (Å²) in [7, 11) is 0. The van der Waals surface area contributed by atoms with Crippen molar-refractivity contribution in [3.05, 3.63) is 0 Å². The van der Waals surface area contributed by atoms with E-state index >= 15 is 0 Å². The maximum absolute atomic E-state index is 12.1. The SMILES string of the molecule is CC1(C2CCCCC2)C(=N)NC(=O)N1CC1CC1. The van der Waals surface area contributed by atoms with Crippen molar-refractivity contribution in [3.8, 4) is 0 Å². The first-order valence-corrected chi connectivity index (χ1v) is 7.30. The molecule has 2 aliphatic carbocycles. The van der Waals surface area contributed by atoms with E-state index in [1.54, 1.807) is 0 Å². The molecule has 1 unspecified atom stereocenters. The second-order valence-corrected chi connectivity index (χ2v) is 6.34. The van der Waals surface area contributed by atoms with Crippen LogP contribution in [0, 0.1) is 17.2 Å². The minimum atomic E-state index is -0.361. The number of amidine groups is 1. The Bertz CT molecular complexity index is 371. The van der Waals surface area contributed by atoms with Gasteiger partial charge in [-0.05, 0) is 44.4 Å². The number of nitrogens with zero attached hydrogens (tertiary/aromatic N) is 1. The van der Waals surface area contributed by atoms with Gasteiger partial charge in [-0.2, -0.15) is 0 Å². The zero-order valence-corrected chi connectivity index (χ0v) is 11.2. The summed E-state index contributed by atoms with van der Waals surface area (Å²) in [4.78, 5) is 14.0. The second kappa shape index (κ2) is 4.25. The molecule has 1 atom stereocenters. The van der Waals surface area contributed by atoms with Gasteiger partial charge in [-0.3, -0.25) is 10.7 Å². The first kappa shape index (κ1) is 12.0. The Hall–Kier alpha value is -1.06. The van der Waals surface area contributed by atoms with E-state index in [0.29, 0.717) is 17.7 Å². The highest BCUT2D eigenvalue weighted by Gasteiger charge is 2.52. The van der Waals surface area contributed by atoms with Gasteiger partial charge in [0.1, 0.15) is 11.4 Å². The van der Waals surface area contributed by atoms with Gasteiger partial charge >= 0.3 is 6.03 Å². The van der Waals surface area contributed by atoms with E-state index in [-0.39, 0.29) is 11.6 Å². The van der Waals surface area contributed by atoms with Gasteiger partial charge in [-0.15, -0.1) is 0 Å². The van der Waals surface area contributed by atoms with Crippen LogP contribution >= 0.6 is 0 Å². The lowest BCUT2D eigenvalue weighted by molar-refractivity contribution is 0.119. The number of carbonyl (C=O) groups excluding carboxylic acids is 1. The molecule has 18 heavy (non-hydrogen) atoms. The standard InChI is InChI=1S/C14H23N3O/c1-14(11-5-3-2-4-6-11)12(15)16-13(18)17(14)9-10-7-8-10/h10-11H,2-9H2,1H3,(H2,15,16,18). The third kappa shape index (κ3) is 1.82. The van der Waals surface area contributed by atoms with Crippen LogP contribution in [-0.4, -0.2) is 28.9 Å². The van der Waals surface area contributed by atoms with E-state index in [0.717, 1.165) is 19.4 Å². The van der Waals surface area contributed by atoms with Crippen molar-refractivity contribution in [2.24, 2.45) is 11.8 Å². The van der Waals surface area contributed by atoms with Crippen LogP contribution in [0.25, 0.3) is 0 Å². The molecule has 0 radical (unpaired) electrons. The fourth-order valence-electron chi connectivity index (χ4n) is 3.57. The maximum atomic E-state index is 12.1. The van der Waals surface area contributed by atoms with Crippen molar-refractivity contribution in [2.75, 3.05) is 6.54 Å². The predicted octanol–water partition coefficient (Wildman–Crippen LogP) is 2.74. The van der Waals surface area contributed by atoms with Gasteiger partial charge in [0.2, 0.25) is 0 Å². The van der Waals surface area contributed by atoms with E-state index in [2.05, 4.69) is 12.2 Å². The second-order valence-electron chi connectivity index (χ2n) is 6.34. The molecule has 3 fully saturated rings. The Balaban J connectivity index is 1.83. The molecule has 0 aromatic carbocycles. The number of hydrogen-bond acceptors (Lipinski definition) is 2. The van der Waals surface area contributed by atoms with Crippen molar-refractivity contribution < 1.29 is 4.79 Å². The van der Waals surface area contributed by atoms with Gasteiger partial charge in [-0.1, -0.05) is 19.3 Å². The molecule has 1 aliphatic heterocycles. The topological polar surface area (TPSA) is 56.2 Å². The van der Waals surface area contributed by atoms with Crippen LogP contribution in [0.1, 0.15) is 51.9 Å². The molecule has 2 saturated carbocycles. The summed E-state index contributed by atoms with van der Waals surface area (Å²) in [6.07, 6.45) is 8.63. The van der Waals surface area contributed by atoms with Crippen LogP contribution in [0.2, 0.25) is 0 Å². The first-order valence-electron chi connectivity index (χ1n) is 7.30. The Kier molecular flexibility index (Phi) is 2.83. The average molecular weight is 249 g/mol. The molecule has 1 heterocycles. The van der Waals surface area contributed by atoms with Gasteiger partial charge in [0, 0.05) is 6.54 Å². The monoisotopic (exact) mass is 249 g/mol. The first-order chi connectivity index (χ1) is 8.62. The van der Waals surface area contributed by atoms with Crippen LogP contribution in [0.5, 0.6) is 0 Å². The molecule has 0 spiro atoms. The summed E-state index contributed by atoms with van der Waals surface area (Å²) in [5.74, 6) is 1.58. The molecule has 3 aliphatic rings. The number of carbonyl (C=O) groups is 1. The fourth-order valence-corrected chi connectivity index (χ4v) is 3.57. The van der Waals surface area contributed by atoms with Crippen molar-refractivity contribution in [1.82, 2.24) is 10.2 Å². The maximum Gasteiger partial charge on any atom is 0.323 e. The summed E-state index contributed by atoms with van der Waals surface area (Å²) in [6, 6.07) is -0.0417. The molecular formula is C14H23N3O. The number of amides is 2. The zero-order valence-electron chi connectivity index (χ0n) is 11.2. The summed E-state index contributed by atoms with van der Waals surface area (Å²) >= 11 is 0. The van der Waals surface area contributed by atoms with Crippen LogP contribution in [0.15, 0.2) is 0 Å². The van der Waals surface area contributed by atoms with E-state index in [4.69, 9.17) is 5.41 Å². The van der Waals surface area contributed by atoms with Gasteiger partial charge < -0.3 is 4.90 Å². The summed E-state index contributed by atoms with van der Waals surface area (Å²) in [5, 5.41) is 10.9. The molecule has 2 N–H and O–H groups in total. The van der Waals surface area contributed by atoms with Crippen LogP contribution in [0.3, 0.4) is 0 Å². The summed E-state index contributed by atoms with van der Waals surface area (Å²) in [6.45, 7) is 2.95. The quantitative estimate of drug-likeness (QED) is 0.794. The summed E-state index contributed by atoms with van der Waals surface area (Å²) < 4.78 is 0. The zero-order chi connectivity index (χ0) is 12.8. The van der Waals surface area contributed by atoms with E-state index < -0.39 is 0 Å². The molecular weight excluding hydrogens is 226 g/mol. The molecule has 3 rings (SSSR count). The largest absolute Gasteiger partial charge is 0.323 e. The Labute approximate surface area is 109 Å². The lowest BCUT2D eigenvalue weighted by atomic mass is 9.74. The summed E-state index contributed by atoms with van der Waals surface area (Å²) in [5.41, 5.74) is -0.361. The Morgan fingerprint density at radius 1 is 1.28 bits per heavy atom. The van der Waals surface area contributed by atoms with Gasteiger partial charge in [0.05, 0.1) is 0 Å². The molecule has 1 saturated heterocycles. The van der Waals surface area contributed by atoms with Crippen LogP contribution < -0.4 is 5.32 Å². The molecule has 0 aromatic heterocycles. The van der Waals surface area contributed by atoms with Crippen molar-refractivity contribution in [2.45, 2.75) is 57.4 Å². The fraction of sp³-hybridized carbons (Fsp3) is 0.857. The minimum absolute atomic E-state index is 0.0417. The highest BCUT2D eigenvalue weighted by atomic mass is 16.2. The van der Waals surface area contributed by atoms with Crippen LogP contribution in [0.4, 0.5) is 4.79 Å². The molecule has 100 valence electrons. The number of hydrogen-bond donors (Lipinski definition) is 2. The highest BCUT2D eigenvalue weighted by molar-refractivity contribution is 6.08. The molecule has 4 heteroatoms. The van der Waals surface area contributed by atoms with Gasteiger partial charge in [0.25, 0.3) is 0 Å². The van der Waals surface area contributed by atoms with Crippen molar-refractivity contribution in [3.63, 3.8) is 0 Å². The molecule has 4 nitrogen and oxygen atoms in total. The average Bonchev–Trinajstić information content (AvgIpc) is 3.16. The van der Waals surface area contributed by atoms with E-state index in [9.17, 15) is 4.79 Å². The minimum Gasteiger partial charge on any atom is -0.311 e. The molecule has 0 aromatic rings. The number of rotatable bonds is 3. The predicted molar refractivity (Wildman–Crippen MR) is 70.7 cm³/mol. The van der Waals surface area contributed by atoms with Crippen LogP contribution in [-0.2, 0) is 0 Å². The lowest BCUT2D eigenvalue weighted by Crippen LogP contribution is -2.53. The third-order valence-corrected chi connectivity index (χ3v) is 5.08. The van der Waals surface area contributed by atoms with Gasteiger partial charge in [-0.25, -0.2) is 4.79 Å². The Morgan fingerprint density at radius 2 is 1.94 bits per heavy atom. The van der Waals surface area contributed by atoms with Crippen molar-refractivity contribution in [1.29, 1.82) is 5.41 Å². The van der Waals surface area contributed by atoms with Gasteiger partial charge in [0.15, 0.2) is 0 Å². The van der Waals surface area contributed by atoms with E-state index in [1.165, 1.54) is 32.1 Å². The molecule has 0 bridgehead atoms.